The Hall–Kier alpha value is -2.68. The Balaban J connectivity index is 0.912. The van der Waals surface area contributed by atoms with Crippen molar-refractivity contribution in [3.8, 4) is 0 Å². The molecule has 13 nitrogen and oxygen atoms in total. The summed E-state index contributed by atoms with van der Waals surface area (Å²) in [7, 11) is 0. The molecule has 7 rings (SSSR count). The molecule has 5 N–H and O–H groups in total. The van der Waals surface area contributed by atoms with E-state index in [1.165, 1.54) is 30.9 Å². The summed E-state index contributed by atoms with van der Waals surface area (Å²) in [6, 6.07) is 1.24. The molecule has 14 atom stereocenters. The van der Waals surface area contributed by atoms with E-state index in [0.29, 0.717) is 40.1 Å². The molecule has 1 aromatic rings. The van der Waals surface area contributed by atoms with Gasteiger partial charge in [-0.05, 0) is 91.4 Å². The first-order valence-electron chi connectivity index (χ1n) is 19.4. The van der Waals surface area contributed by atoms with E-state index in [2.05, 4.69) is 44.1 Å². The fourth-order valence-electron chi connectivity index (χ4n) is 11.6. The van der Waals surface area contributed by atoms with Crippen LogP contribution in [0.1, 0.15) is 105 Å². The standard InChI is InChI=1S/C39H57N3O10/c1-21-9-15-39(50-20-21)22(2)33-29(52-39)18-27-25-6-5-23-17-24(10-13-37(23,3)26(25)11-14-38(27,33)4)51-32(46)8-7-31(45)40-30-12-16-42(36(49)41-30)35(48)34(47)28(44)19-43/h5,12,16,21-22,24-29,33-35,43-44,47-48H,6-11,13-15,17-20H2,1-4H3,(H,40,41,45,49)/t21-,22+,24+,25?,26?,27?,28-,29+,33+,34?,35?,37+,38+,39-/m1/s1. The van der Waals surface area contributed by atoms with Crippen molar-refractivity contribution in [2.45, 2.75) is 135 Å². The van der Waals surface area contributed by atoms with Crippen molar-refractivity contribution in [2.75, 3.05) is 18.5 Å². The second kappa shape index (κ2) is 14.2. The van der Waals surface area contributed by atoms with Crippen molar-refractivity contribution < 1.29 is 44.2 Å². The van der Waals surface area contributed by atoms with Crippen LogP contribution in [0.2, 0.25) is 0 Å². The summed E-state index contributed by atoms with van der Waals surface area (Å²) in [5.41, 5.74) is 0.773. The second-order valence-electron chi connectivity index (χ2n) is 17.3. The van der Waals surface area contributed by atoms with Crippen molar-refractivity contribution in [1.82, 2.24) is 9.55 Å². The van der Waals surface area contributed by atoms with E-state index in [9.17, 15) is 29.7 Å². The van der Waals surface area contributed by atoms with Crippen LogP contribution in [0.4, 0.5) is 5.82 Å². The molecule has 1 spiro atoms. The number of aliphatic hydroxyl groups is 4. The first-order valence-corrected chi connectivity index (χ1v) is 19.4. The number of hydrogen-bond acceptors (Lipinski definition) is 11. The highest BCUT2D eigenvalue weighted by molar-refractivity contribution is 5.91. The summed E-state index contributed by atoms with van der Waals surface area (Å²) < 4.78 is 20.0. The molecule has 4 aliphatic carbocycles. The molecule has 5 unspecified atom stereocenters. The summed E-state index contributed by atoms with van der Waals surface area (Å²) in [6.45, 7) is 9.64. The predicted molar refractivity (Wildman–Crippen MR) is 188 cm³/mol. The maximum Gasteiger partial charge on any atom is 0.351 e. The smallest absolute Gasteiger partial charge is 0.351 e. The molecule has 5 fully saturated rings. The number of aliphatic hydroxyl groups excluding tert-OH is 4. The lowest BCUT2D eigenvalue weighted by Gasteiger charge is -2.58. The van der Waals surface area contributed by atoms with Crippen LogP contribution in [0.15, 0.2) is 28.7 Å². The van der Waals surface area contributed by atoms with E-state index in [1.807, 2.05) is 0 Å². The number of nitrogens with one attached hydrogen (secondary N) is 1. The van der Waals surface area contributed by atoms with Crippen LogP contribution in [-0.4, -0.2) is 85.3 Å². The third-order valence-electron chi connectivity index (χ3n) is 14.4. The van der Waals surface area contributed by atoms with Crippen LogP contribution in [-0.2, 0) is 23.8 Å². The van der Waals surface area contributed by atoms with Gasteiger partial charge in [0.1, 0.15) is 24.1 Å². The van der Waals surface area contributed by atoms with Gasteiger partial charge in [-0.1, -0.05) is 39.3 Å². The highest BCUT2D eigenvalue weighted by Crippen LogP contribution is 2.70. The fourth-order valence-corrected chi connectivity index (χ4v) is 11.6. The van der Waals surface area contributed by atoms with Crippen LogP contribution in [0.3, 0.4) is 0 Å². The minimum atomic E-state index is -1.86. The second-order valence-corrected chi connectivity index (χ2v) is 17.3. The number of hydrogen-bond donors (Lipinski definition) is 5. The molecule has 0 radical (unpaired) electrons. The minimum absolute atomic E-state index is 0.0923. The van der Waals surface area contributed by atoms with Crippen LogP contribution in [0.5, 0.6) is 0 Å². The van der Waals surface area contributed by atoms with E-state index >= 15 is 0 Å². The molecule has 288 valence electrons. The largest absolute Gasteiger partial charge is 0.462 e. The normalized spacial score (nSPS) is 41.1. The van der Waals surface area contributed by atoms with E-state index in [4.69, 9.17) is 19.3 Å². The molecule has 0 aromatic carbocycles. The van der Waals surface area contributed by atoms with Gasteiger partial charge in [0.2, 0.25) is 5.91 Å². The third kappa shape index (κ3) is 6.46. The molecule has 0 bridgehead atoms. The zero-order chi connectivity index (χ0) is 37.2. The number of amides is 1. The van der Waals surface area contributed by atoms with Gasteiger partial charge in [-0.2, -0.15) is 4.98 Å². The highest BCUT2D eigenvalue weighted by atomic mass is 16.7. The van der Waals surface area contributed by atoms with Crippen LogP contribution in [0.25, 0.3) is 0 Å². The number of carbonyl (C=O) groups is 2. The SMILES string of the molecule is C[C@@H]1CC[C@@]2(OC1)O[C@H]1CC3C4CC=C5C[C@@H](OC(=O)CCC(=O)Nc6ccn(C(O)C(O)[C@H](O)CO)c(=O)n6)CC[C@]5(C)C4CC[C@]3(C)[C@H]1[C@@H]2C. The Kier molecular flexibility index (Phi) is 10.3. The van der Waals surface area contributed by atoms with Crippen LogP contribution >= 0.6 is 0 Å². The highest BCUT2D eigenvalue weighted by Gasteiger charge is 2.68. The van der Waals surface area contributed by atoms with Gasteiger partial charge >= 0.3 is 11.7 Å². The summed E-state index contributed by atoms with van der Waals surface area (Å²) in [6.07, 6.45) is 7.25. The number of aromatic nitrogens is 2. The summed E-state index contributed by atoms with van der Waals surface area (Å²) >= 11 is 0. The average Bonchev–Trinajstić information content (AvgIpc) is 3.57. The molecule has 2 saturated heterocycles. The molecular weight excluding hydrogens is 670 g/mol. The third-order valence-corrected chi connectivity index (χ3v) is 14.4. The molecular formula is C39H57N3O10. The molecule has 6 aliphatic rings. The molecule has 3 saturated carbocycles. The quantitative estimate of drug-likeness (QED) is 0.185. The molecule has 1 aromatic heterocycles. The van der Waals surface area contributed by atoms with Gasteiger partial charge in [-0.3, -0.25) is 14.2 Å². The lowest BCUT2D eigenvalue weighted by atomic mass is 9.47. The molecule has 52 heavy (non-hydrogen) atoms. The van der Waals surface area contributed by atoms with E-state index in [1.54, 1.807) is 0 Å². The van der Waals surface area contributed by atoms with E-state index < -0.39 is 48.4 Å². The predicted octanol–water partition coefficient (Wildman–Crippen LogP) is 3.45. The first kappa shape index (κ1) is 37.6. The maximum atomic E-state index is 12.9. The van der Waals surface area contributed by atoms with Gasteiger partial charge in [-0.25, -0.2) is 4.79 Å². The van der Waals surface area contributed by atoms with Crippen LogP contribution < -0.4 is 11.0 Å². The van der Waals surface area contributed by atoms with Crippen molar-refractivity contribution >= 4 is 17.7 Å². The Labute approximate surface area is 305 Å². The number of carbonyl (C=O) groups excluding carboxylic acids is 2. The molecule has 1 amide bonds. The van der Waals surface area contributed by atoms with Gasteiger partial charge < -0.3 is 40.0 Å². The fraction of sp³-hybridized carbons (Fsp3) is 0.795. The summed E-state index contributed by atoms with van der Waals surface area (Å²) in [5, 5.41) is 41.0. The monoisotopic (exact) mass is 727 g/mol. The number of fused-ring (bicyclic) bond motifs is 7. The van der Waals surface area contributed by atoms with Gasteiger partial charge in [0.25, 0.3) is 0 Å². The van der Waals surface area contributed by atoms with Gasteiger partial charge in [0, 0.05) is 31.4 Å². The van der Waals surface area contributed by atoms with Crippen molar-refractivity contribution in [2.24, 2.45) is 46.3 Å². The first-order chi connectivity index (χ1) is 24.7. The topological polar surface area (TPSA) is 190 Å². The summed E-state index contributed by atoms with van der Waals surface area (Å²) in [4.78, 5) is 41.5. The average molecular weight is 728 g/mol. The zero-order valence-electron chi connectivity index (χ0n) is 30.9. The Bertz CT molecular complexity index is 1610. The molecule has 2 aliphatic heterocycles. The zero-order valence-corrected chi connectivity index (χ0v) is 30.9. The van der Waals surface area contributed by atoms with E-state index in [0.717, 1.165) is 51.3 Å². The summed E-state index contributed by atoms with van der Waals surface area (Å²) in [5.74, 6) is 1.94. The Morgan fingerprint density at radius 1 is 1.10 bits per heavy atom. The number of rotatable bonds is 9. The minimum Gasteiger partial charge on any atom is -0.462 e. The lowest BCUT2D eigenvalue weighted by molar-refractivity contribution is -0.272. The number of esters is 1. The van der Waals surface area contributed by atoms with Crippen LogP contribution in [0, 0.1) is 46.3 Å². The van der Waals surface area contributed by atoms with Gasteiger partial charge in [-0.15, -0.1) is 0 Å². The van der Waals surface area contributed by atoms with Gasteiger partial charge in [0.15, 0.2) is 12.0 Å². The van der Waals surface area contributed by atoms with Crippen molar-refractivity contribution in [1.29, 1.82) is 0 Å². The Morgan fingerprint density at radius 3 is 2.60 bits per heavy atom. The number of anilines is 1. The van der Waals surface area contributed by atoms with Crippen molar-refractivity contribution in [3.63, 3.8) is 0 Å². The van der Waals surface area contributed by atoms with Crippen molar-refractivity contribution in [3.05, 3.63) is 34.4 Å². The number of allylic oxidation sites excluding steroid dienone is 1. The maximum absolute atomic E-state index is 12.9. The van der Waals surface area contributed by atoms with Gasteiger partial charge in [0.05, 0.1) is 25.7 Å². The number of nitrogens with zero attached hydrogens (tertiary/aromatic N) is 2. The Morgan fingerprint density at radius 2 is 1.88 bits per heavy atom. The number of ether oxygens (including phenoxy) is 3. The molecule has 3 heterocycles. The van der Waals surface area contributed by atoms with E-state index in [-0.39, 0.29) is 41.7 Å². The molecule has 13 heteroatoms. The lowest BCUT2D eigenvalue weighted by Crippen LogP contribution is -2.52.